The van der Waals surface area contributed by atoms with Crippen LogP contribution in [0.25, 0.3) is 0 Å². The minimum Gasteiger partial charge on any atom is -0.379 e. The molecule has 0 amide bonds. The molecule has 0 heterocycles. The smallest absolute Gasteiger partial charge is 0.104 e. The molecule has 0 fully saturated rings. The first-order valence-electron chi connectivity index (χ1n) is 26.5. The van der Waals surface area contributed by atoms with Gasteiger partial charge in [-0.3, -0.25) is 0 Å². The van der Waals surface area contributed by atoms with Gasteiger partial charge in [0.1, 0.15) is 6.10 Å². The van der Waals surface area contributed by atoms with Crippen molar-refractivity contribution in [2.75, 3.05) is 33.0 Å². The molecule has 0 unspecified atom stereocenters. The van der Waals surface area contributed by atoms with E-state index in [4.69, 9.17) is 14.2 Å². The van der Waals surface area contributed by atoms with Crippen LogP contribution in [0, 0.1) is 0 Å². The van der Waals surface area contributed by atoms with Crippen LogP contribution in [-0.2, 0) is 14.2 Å². The van der Waals surface area contributed by atoms with Crippen molar-refractivity contribution in [3.8, 4) is 0 Å². The molecule has 0 aromatic heterocycles. The molecule has 0 aliphatic heterocycles. The van der Waals surface area contributed by atoms with E-state index in [2.05, 4.69) is 93.7 Å². The molecular weight excluding hydrogens is 733 g/mol. The molecule has 0 aliphatic carbocycles. The zero-order chi connectivity index (χ0) is 43.2. The number of unbranched alkanes of at least 4 members (excludes halogenated alkanes) is 27. The molecule has 3 nitrogen and oxygen atoms in total. The third-order valence-corrected chi connectivity index (χ3v) is 11.3. The number of hydrogen-bond acceptors (Lipinski definition) is 3. The van der Waals surface area contributed by atoms with Gasteiger partial charge in [0.25, 0.3) is 0 Å². The van der Waals surface area contributed by atoms with Crippen molar-refractivity contribution in [3.05, 3.63) is 72.9 Å². The third-order valence-electron chi connectivity index (χ3n) is 11.3. The lowest BCUT2D eigenvalue weighted by molar-refractivity contribution is -0.0616. The number of hydrogen-bond donors (Lipinski definition) is 0. The number of ether oxygens (including phenoxy) is 3. The van der Waals surface area contributed by atoms with Crippen LogP contribution in [0.15, 0.2) is 72.9 Å². The second-order valence-corrected chi connectivity index (χ2v) is 17.4. The summed E-state index contributed by atoms with van der Waals surface area (Å²) in [5.74, 6) is 0. The molecule has 0 atom stereocenters. The number of allylic oxidation sites excluding steroid dienone is 12. The van der Waals surface area contributed by atoms with Crippen LogP contribution in [0.2, 0.25) is 0 Å². The summed E-state index contributed by atoms with van der Waals surface area (Å²) in [5.41, 5.74) is 0. The van der Waals surface area contributed by atoms with Gasteiger partial charge in [-0.15, -0.1) is 0 Å². The van der Waals surface area contributed by atoms with E-state index in [1.807, 2.05) is 0 Å². The Balaban J connectivity index is 4.11. The van der Waals surface area contributed by atoms with Gasteiger partial charge in [0.15, 0.2) is 0 Å². The minimum absolute atomic E-state index is 0.0529. The van der Waals surface area contributed by atoms with Crippen LogP contribution in [0.1, 0.15) is 252 Å². The van der Waals surface area contributed by atoms with E-state index < -0.39 is 0 Å². The van der Waals surface area contributed by atoms with E-state index in [0.717, 1.165) is 58.3 Å². The van der Waals surface area contributed by atoms with Gasteiger partial charge in [0.2, 0.25) is 0 Å². The molecule has 0 N–H and O–H groups in total. The Morgan fingerprint density at radius 3 is 0.817 bits per heavy atom. The molecule has 0 aromatic carbocycles. The molecular formula is C57H104O3. The maximum atomic E-state index is 6.34. The average Bonchev–Trinajstić information content (AvgIpc) is 3.26. The average molecular weight is 837 g/mol. The Labute approximate surface area is 376 Å². The zero-order valence-corrected chi connectivity index (χ0v) is 40.7. The zero-order valence-electron chi connectivity index (χ0n) is 40.7. The van der Waals surface area contributed by atoms with Gasteiger partial charge >= 0.3 is 0 Å². The van der Waals surface area contributed by atoms with Crippen LogP contribution in [0.3, 0.4) is 0 Å². The van der Waals surface area contributed by atoms with E-state index >= 15 is 0 Å². The monoisotopic (exact) mass is 837 g/mol. The first-order chi connectivity index (χ1) is 29.8. The predicted molar refractivity (Wildman–Crippen MR) is 269 cm³/mol. The molecule has 0 bridgehead atoms. The van der Waals surface area contributed by atoms with E-state index in [1.165, 1.54) is 193 Å². The fourth-order valence-corrected chi connectivity index (χ4v) is 7.30. The van der Waals surface area contributed by atoms with E-state index in [9.17, 15) is 0 Å². The Morgan fingerprint density at radius 2 is 0.517 bits per heavy atom. The highest BCUT2D eigenvalue weighted by Gasteiger charge is 2.10. The molecule has 0 aliphatic rings. The van der Waals surface area contributed by atoms with Crippen molar-refractivity contribution in [2.45, 2.75) is 258 Å². The van der Waals surface area contributed by atoms with Gasteiger partial charge in [-0.25, -0.2) is 0 Å². The van der Waals surface area contributed by atoms with Crippen LogP contribution in [0.5, 0.6) is 0 Å². The topological polar surface area (TPSA) is 27.7 Å². The lowest BCUT2D eigenvalue weighted by Crippen LogP contribution is -2.26. The Kier molecular flexibility index (Phi) is 53.8. The minimum atomic E-state index is 0.0529. The predicted octanol–water partition coefficient (Wildman–Crippen LogP) is 18.8. The Morgan fingerprint density at radius 1 is 0.267 bits per heavy atom. The summed E-state index contributed by atoms with van der Waals surface area (Å²) in [6.45, 7) is 10.6. The first kappa shape index (κ1) is 58.3. The summed E-state index contributed by atoms with van der Waals surface area (Å²) in [7, 11) is 0. The summed E-state index contributed by atoms with van der Waals surface area (Å²) in [6.07, 6.45) is 74.1. The molecule has 0 radical (unpaired) electrons. The highest BCUT2D eigenvalue weighted by atomic mass is 16.6. The van der Waals surface area contributed by atoms with Crippen molar-refractivity contribution in [2.24, 2.45) is 0 Å². The van der Waals surface area contributed by atoms with Crippen molar-refractivity contribution in [3.63, 3.8) is 0 Å². The van der Waals surface area contributed by atoms with Crippen LogP contribution in [0.4, 0.5) is 0 Å². The second-order valence-electron chi connectivity index (χ2n) is 17.4. The fourth-order valence-electron chi connectivity index (χ4n) is 7.30. The molecule has 0 aromatic rings. The maximum Gasteiger partial charge on any atom is 0.104 e. The van der Waals surface area contributed by atoms with Crippen molar-refractivity contribution in [1.82, 2.24) is 0 Å². The van der Waals surface area contributed by atoms with Gasteiger partial charge in [0.05, 0.1) is 13.2 Å². The van der Waals surface area contributed by atoms with E-state index in [0.29, 0.717) is 13.2 Å². The highest BCUT2D eigenvalue weighted by Crippen LogP contribution is 2.12. The van der Waals surface area contributed by atoms with Gasteiger partial charge in [-0.2, -0.15) is 0 Å². The summed E-state index contributed by atoms with van der Waals surface area (Å²) >= 11 is 0. The quantitative estimate of drug-likeness (QED) is 0.0451. The third kappa shape index (κ3) is 52.5. The second kappa shape index (κ2) is 55.3. The van der Waals surface area contributed by atoms with E-state index in [1.54, 1.807) is 0 Å². The standard InChI is InChI=1S/C57H104O3/c1-4-7-10-13-16-19-22-25-28-31-34-37-40-43-46-49-52-58-55-57(60-54-51-48-45-42-39-36-33-30-27-24-21-18-15-12-9-6-3)56-59-53-50-47-44-41-38-35-32-29-26-23-20-17-14-11-8-5-2/h16-21,25-30,57H,4-15,22-24,31-56H2,1-3H3/b19-16-,20-17-,21-18-,28-25-,29-26-,30-27-. The normalized spacial score (nSPS) is 12.6. The van der Waals surface area contributed by atoms with Crippen molar-refractivity contribution in [1.29, 1.82) is 0 Å². The molecule has 350 valence electrons. The van der Waals surface area contributed by atoms with E-state index in [-0.39, 0.29) is 6.10 Å². The maximum absolute atomic E-state index is 6.34. The van der Waals surface area contributed by atoms with Crippen LogP contribution < -0.4 is 0 Å². The molecule has 60 heavy (non-hydrogen) atoms. The van der Waals surface area contributed by atoms with Crippen LogP contribution in [-0.4, -0.2) is 39.1 Å². The van der Waals surface area contributed by atoms with Gasteiger partial charge in [-0.1, -0.05) is 209 Å². The first-order valence-corrected chi connectivity index (χ1v) is 26.5. The largest absolute Gasteiger partial charge is 0.379 e. The Hall–Kier alpha value is -1.68. The summed E-state index contributed by atoms with van der Waals surface area (Å²) in [4.78, 5) is 0. The summed E-state index contributed by atoms with van der Waals surface area (Å²) < 4.78 is 18.6. The van der Waals surface area contributed by atoms with Gasteiger partial charge in [-0.05, 0) is 116 Å². The van der Waals surface area contributed by atoms with Gasteiger partial charge in [0, 0.05) is 19.8 Å². The molecule has 0 spiro atoms. The molecule has 0 saturated heterocycles. The SMILES string of the molecule is CCCCC/C=C\C/C=C\CCCCCCCCOCC(COCCCCCCCC/C=C\C/C=C\CCCCC)OCCCCCCCC/C=C\C/C=C\CCCCC. The van der Waals surface area contributed by atoms with Crippen molar-refractivity contribution >= 4 is 0 Å². The molecule has 3 heteroatoms. The highest BCUT2D eigenvalue weighted by molar-refractivity contribution is 4.94. The molecule has 0 rings (SSSR count). The summed E-state index contributed by atoms with van der Waals surface area (Å²) in [6, 6.07) is 0. The fraction of sp³-hybridized carbons (Fsp3) is 0.789. The molecule has 0 saturated carbocycles. The Bertz CT molecular complexity index is 906. The van der Waals surface area contributed by atoms with Gasteiger partial charge < -0.3 is 14.2 Å². The van der Waals surface area contributed by atoms with Crippen LogP contribution >= 0.6 is 0 Å². The number of rotatable bonds is 50. The lowest BCUT2D eigenvalue weighted by Gasteiger charge is -2.18. The lowest BCUT2D eigenvalue weighted by atomic mass is 10.1. The summed E-state index contributed by atoms with van der Waals surface area (Å²) in [5, 5.41) is 0. The van der Waals surface area contributed by atoms with Crippen molar-refractivity contribution < 1.29 is 14.2 Å².